The zero-order chi connectivity index (χ0) is 22.1. The summed E-state index contributed by atoms with van der Waals surface area (Å²) in [5, 5.41) is 0. The Labute approximate surface area is 180 Å². The third-order valence-corrected chi connectivity index (χ3v) is 6.32. The van der Waals surface area contributed by atoms with E-state index in [2.05, 4.69) is 4.90 Å². The molecule has 2 aromatic rings. The Kier molecular flexibility index (Phi) is 5.91. The number of pyridine rings is 1. The lowest BCUT2D eigenvalue weighted by Crippen LogP contribution is -2.49. The van der Waals surface area contributed by atoms with Gasteiger partial charge in [-0.3, -0.25) is 23.9 Å². The van der Waals surface area contributed by atoms with Crippen molar-refractivity contribution in [2.24, 2.45) is 5.73 Å². The van der Waals surface area contributed by atoms with Gasteiger partial charge in [-0.15, -0.1) is 0 Å². The van der Waals surface area contributed by atoms with Crippen molar-refractivity contribution in [2.75, 3.05) is 19.6 Å². The van der Waals surface area contributed by atoms with Crippen molar-refractivity contribution in [3.8, 4) is 5.69 Å². The van der Waals surface area contributed by atoms with E-state index >= 15 is 0 Å². The summed E-state index contributed by atoms with van der Waals surface area (Å²) in [4.78, 5) is 42.5. The predicted molar refractivity (Wildman–Crippen MR) is 115 cm³/mol. The van der Waals surface area contributed by atoms with Crippen molar-refractivity contribution in [3.63, 3.8) is 0 Å². The fourth-order valence-electron chi connectivity index (χ4n) is 4.74. The van der Waals surface area contributed by atoms with Crippen LogP contribution in [0, 0.1) is 5.82 Å². The van der Waals surface area contributed by atoms with E-state index in [0.29, 0.717) is 36.3 Å². The van der Waals surface area contributed by atoms with Gasteiger partial charge in [-0.1, -0.05) is 6.92 Å². The molecule has 0 aliphatic carbocycles. The van der Waals surface area contributed by atoms with E-state index in [0.717, 1.165) is 32.4 Å². The van der Waals surface area contributed by atoms with Crippen LogP contribution in [0.3, 0.4) is 0 Å². The topological polar surface area (TPSA) is 88.6 Å². The molecule has 1 fully saturated rings. The van der Waals surface area contributed by atoms with E-state index in [-0.39, 0.29) is 17.5 Å². The molecule has 2 amide bonds. The number of likely N-dealkylation sites (tertiary alicyclic amines) is 1. The molecular weight excluding hydrogens is 399 g/mol. The zero-order valence-corrected chi connectivity index (χ0v) is 17.6. The van der Waals surface area contributed by atoms with E-state index in [9.17, 15) is 18.8 Å². The number of carbonyl (C=O) groups is 2. The first kappa shape index (κ1) is 21.2. The van der Waals surface area contributed by atoms with Gasteiger partial charge in [0.1, 0.15) is 11.4 Å². The SMILES string of the molecule is CCC(C(=O)N1CCc2c(cn(-c3ccc(F)cc3)c(=O)c2C(N)=O)C1)N1CCCC1. The summed E-state index contributed by atoms with van der Waals surface area (Å²) in [7, 11) is 0. The molecule has 164 valence electrons. The van der Waals surface area contributed by atoms with Gasteiger partial charge in [0, 0.05) is 25.0 Å². The van der Waals surface area contributed by atoms with E-state index in [4.69, 9.17) is 5.73 Å². The maximum absolute atomic E-state index is 13.4. The molecule has 1 atom stereocenters. The van der Waals surface area contributed by atoms with Crippen LogP contribution in [0.5, 0.6) is 0 Å². The first-order valence-corrected chi connectivity index (χ1v) is 10.8. The third kappa shape index (κ3) is 3.99. The summed E-state index contributed by atoms with van der Waals surface area (Å²) < 4.78 is 14.7. The second kappa shape index (κ2) is 8.63. The fraction of sp³-hybridized carbons (Fsp3) is 0.435. The molecular formula is C23H27FN4O3. The molecule has 3 heterocycles. The molecule has 7 nitrogen and oxygen atoms in total. The highest BCUT2D eigenvalue weighted by molar-refractivity contribution is 5.94. The lowest BCUT2D eigenvalue weighted by atomic mass is 9.95. The normalized spacial score (nSPS) is 17.4. The van der Waals surface area contributed by atoms with Gasteiger partial charge in [0.15, 0.2) is 0 Å². The van der Waals surface area contributed by atoms with Gasteiger partial charge in [-0.25, -0.2) is 4.39 Å². The van der Waals surface area contributed by atoms with Crippen LogP contribution in [0.4, 0.5) is 4.39 Å². The quantitative estimate of drug-likeness (QED) is 0.790. The molecule has 0 bridgehead atoms. The minimum absolute atomic E-state index is 0.0551. The Morgan fingerprint density at radius 3 is 2.42 bits per heavy atom. The van der Waals surface area contributed by atoms with Gasteiger partial charge in [-0.05, 0) is 74.2 Å². The largest absolute Gasteiger partial charge is 0.365 e. The fourth-order valence-corrected chi connectivity index (χ4v) is 4.74. The highest BCUT2D eigenvalue weighted by atomic mass is 19.1. The molecule has 8 heteroatoms. The minimum Gasteiger partial charge on any atom is -0.365 e. The summed E-state index contributed by atoms with van der Waals surface area (Å²) in [6.07, 6.45) is 5.00. The number of fused-ring (bicyclic) bond motifs is 1. The van der Waals surface area contributed by atoms with Crippen molar-refractivity contribution in [3.05, 3.63) is 63.3 Å². The lowest BCUT2D eigenvalue weighted by Gasteiger charge is -2.35. The number of hydrogen-bond donors (Lipinski definition) is 1. The van der Waals surface area contributed by atoms with Gasteiger partial charge >= 0.3 is 0 Å². The van der Waals surface area contributed by atoms with E-state index in [1.54, 1.807) is 11.1 Å². The number of rotatable bonds is 5. The van der Waals surface area contributed by atoms with E-state index < -0.39 is 17.3 Å². The Hall–Kier alpha value is -3.00. The standard InChI is InChI=1S/C23H27FN4O3/c1-2-19(26-10-3-4-11-26)22(30)27-12-9-18-15(13-27)14-28(23(31)20(18)21(25)29)17-7-5-16(24)6-8-17/h5-8,14,19H,2-4,9-13H2,1H3,(H2,25,29). The summed E-state index contributed by atoms with van der Waals surface area (Å²) in [6.45, 7) is 4.64. The summed E-state index contributed by atoms with van der Waals surface area (Å²) in [5.74, 6) is -1.13. The Balaban J connectivity index is 1.71. The molecule has 1 aromatic carbocycles. The predicted octanol–water partition coefficient (Wildman–Crippen LogP) is 1.83. The second-order valence-corrected chi connectivity index (χ2v) is 8.20. The number of aromatic nitrogens is 1. The van der Waals surface area contributed by atoms with Crippen LogP contribution in [-0.4, -0.2) is 51.9 Å². The van der Waals surface area contributed by atoms with Crippen LogP contribution in [0.2, 0.25) is 0 Å². The Bertz CT molecular complexity index is 1060. The number of amides is 2. The molecule has 2 N–H and O–H groups in total. The number of nitrogens with two attached hydrogens (primary N) is 1. The highest BCUT2D eigenvalue weighted by Crippen LogP contribution is 2.24. The van der Waals surface area contributed by atoms with Gasteiger partial charge < -0.3 is 10.6 Å². The highest BCUT2D eigenvalue weighted by Gasteiger charge is 2.33. The molecule has 31 heavy (non-hydrogen) atoms. The van der Waals surface area contributed by atoms with Crippen molar-refractivity contribution in [1.82, 2.24) is 14.4 Å². The van der Waals surface area contributed by atoms with Crippen LogP contribution in [0.25, 0.3) is 5.69 Å². The van der Waals surface area contributed by atoms with Crippen LogP contribution < -0.4 is 11.3 Å². The molecule has 1 aromatic heterocycles. The number of benzene rings is 1. The van der Waals surface area contributed by atoms with Crippen LogP contribution >= 0.6 is 0 Å². The monoisotopic (exact) mass is 426 g/mol. The molecule has 0 saturated carbocycles. The average Bonchev–Trinajstić information content (AvgIpc) is 3.28. The number of carbonyl (C=O) groups excluding carboxylic acids is 2. The number of hydrogen-bond acceptors (Lipinski definition) is 4. The van der Waals surface area contributed by atoms with Crippen LogP contribution in [-0.2, 0) is 17.8 Å². The molecule has 0 spiro atoms. The first-order chi connectivity index (χ1) is 14.9. The molecule has 2 aliphatic heterocycles. The maximum atomic E-state index is 13.4. The van der Waals surface area contributed by atoms with E-state index in [1.807, 2.05) is 6.92 Å². The second-order valence-electron chi connectivity index (χ2n) is 8.20. The molecule has 4 rings (SSSR count). The van der Waals surface area contributed by atoms with Gasteiger partial charge in [-0.2, -0.15) is 0 Å². The number of primary amides is 1. The van der Waals surface area contributed by atoms with Crippen molar-refractivity contribution >= 4 is 11.8 Å². The molecule has 1 unspecified atom stereocenters. The third-order valence-electron chi connectivity index (χ3n) is 6.32. The van der Waals surface area contributed by atoms with E-state index in [1.165, 1.54) is 28.8 Å². The van der Waals surface area contributed by atoms with Gasteiger partial charge in [0.2, 0.25) is 5.91 Å². The van der Waals surface area contributed by atoms with Crippen molar-refractivity contribution < 1.29 is 14.0 Å². The smallest absolute Gasteiger partial charge is 0.268 e. The molecule has 1 saturated heterocycles. The molecule has 0 radical (unpaired) electrons. The number of halogens is 1. The molecule has 2 aliphatic rings. The summed E-state index contributed by atoms with van der Waals surface area (Å²) in [6, 6.07) is 5.30. The van der Waals surface area contributed by atoms with Crippen LogP contribution in [0.1, 0.15) is 47.7 Å². The Morgan fingerprint density at radius 1 is 1.13 bits per heavy atom. The van der Waals surface area contributed by atoms with Crippen LogP contribution in [0.15, 0.2) is 35.3 Å². The summed E-state index contributed by atoms with van der Waals surface area (Å²) in [5.41, 5.74) is 6.73. The Morgan fingerprint density at radius 2 is 1.81 bits per heavy atom. The maximum Gasteiger partial charge on any atom is 0.268 e. The average molecular weight is 426 g/mol. The first-order valence-electron chi connectivity index (χ1n) is 10.8. The zero-order valence-electron chi connectivity index (χ0n) is 17.6. The minimum atomic E-state index is -0.791. The summed E-state index contributed by atoms with van der Waals surface area (Å²) >= 11 is 0. The van der Waals surface area contributed by atoms with Gasteiger partial charge in [0.05, 0.1) is 6.04 Å². The van der Waals surface area contributed by atoms with Crippen molar-refractivity contribution in [1.29, 1.82) is 0 Å². The van der Waals surface area contributed by atoms with Crippen molar-refractivity contribution in [2.45, 2.75) is 45.2 Å². The number of nitrogens with zero attached hydrogens (tertiary/aromatic N) is 3. The van der Waals surface area contributed by atoms with Gasteiger partial charge in [0.25, 0.3) is 11.5 Å². The lowest BCUT2D eigenvalue weighted by molar-refractivity contribution is -0.137.